The summed E-state index contributed by atoms with van der Waals surface area (Å²) >= 11 is 0. The molecule has 32 heavy (non-hydrogen) atoms. The number of amides is 1. The maximum atomic E-state index is 13.3. The summed E-state index contributed by atoms with van der Waals surface area (Å²) in [4.78, 5) is 15.7. The highest BCUT2D eigenvalue weighted by Crippen LogP contribution is 2.48. The summed E-state index contributed by atoms with van der Waals surface area (Å²) in [5, 5.41) is 5.78. The number of rotatable bonds is 10. The predicted molar refractivity (Wildman–Crippen MR) is 131 cm³/mol. The molecular formula is C28H34N2O2. The Kier molecular flexibility index (Phi) is 6.80. The van der Waals surface area contributed by atoms with Gasteiger partial charge < -0.3 is 15.0 Å². The summed E-state index contributed by atoms with van der Waals surface area (Å²) in [5.41, 5.74) is 2.59. The Labute approximate surface area is 191 Å². The second-order valence-electron chi connectivity index (χ2n) is 8.82. The Balaban J connectivity index is 1.48. The molecule has 1 saturated carbocycles. The van der Waals surface area contributed by atoms with Gasteiger partial charge in [0.25, 0.3) is 5.91 Å². The van der Waals surface area contributed by atoms with E-state index in [0.29, 0.717) is 12.2 Å². The van der Waals surface area contributed by atoms with Crippen LogP contribution in [0.2, 0.25) is 0 Å². The third kappa shape index (κ3) is 4.81. The third-order valence-corrected chi connectivity index (χ3v) is 6.52. The van der Waals surface area contributed by atoms with Crippen molar-refractivity contribution in [1.82, 2.24) is 10.2 Å². The number of hydrogen-bond acceptors (Lipinski definition) is 3. The summed E-state index contributed by atoms with van der Waals surface area (Å²) in [5.74, 6) is 0.725. The molecule has 3 aromatic carbocycles. The molecule has 1 N–H and O–H groups in total. The molecule has 1 amide bonds. The molecule has 0 aromatic heterocycles. The van der Waals surface area contributed by atoms with Crippen molar-refractivity contribution in [2.75, 3.05) is 26.2 Å². The number of likely N-dealkylation sites (N-methyl/N-ethyl adjacent to an activating group) is 1. The number of aryl methyl sites for hydroxylation is 1. The number of ether oxygens (including phenoxy) is 1. The van der Waals surface area contributed by atoms with E-state index in [0.717, 1.165) is 50.2 Å². The van der Waals surface area contributed by atoms with Crippen LogP contribution in [0.4, 0.5) is 0 Å². The Morgan fingerprint density at radius 3 is 2.56 bits per heavy atom. The van der Waals surface area contributed by atoms with Crippen molar-refractivity contribution in [2.24, 2.45) is 0 Å². The highest BCUT2D eigenvalue weighted by atomic mass is 16.5. The molecule has 0 aliphatic heterocycles. The van der Waals surface area contributed by atoms with E-state index in [4.69, 9.17) is 4.74 Å². The highest BCUT2D eigenvalue weighted by molar-refractivity contribution is 5.97. The normalized spacial score (nSPS) is 14.5. The van der Waals surface area contributed by atoms with Gasteiger partial charge in [0.1, 0.15) is 12.4 Å². The van der Waals surface area contributed by atoms with Gasteiger partial charge >= 0.3 is 0 Å². The first kappa shape index (κ1) is 22.3. The van der Waals surface area contributed by atoms with E-state index in [-0.39, 0.29) is 11.4 Å². The molecule has 0 atom stereocenters. The number of hydrogen-bond donors (Lipinski definition) is 1. The van der Waals surface area contributed by atoms with Crippen molar-refractivity contribution in [3.8, 4) is 5.75 Å². The quantitative estimate of drug-likeness (QED) is 0.450. The average Bonchev–Trinajstić information content (AvgIpc) is 3.59. The van der Waals surface area contributed by atoms with Gasteiger partial charge in [-0.15, -0.1) is 0 Å². The van der Waals surface area contributed by atoms with Gasteiger partial charge in [-0.1, -0.05) is 62.4 Å². The van der Waals surface area contributed by atoms with Crippen LogP contribution in [0.15, 0.2) is 60.7 Å². The average molecular weight is 431 g/mol. The predicted octanol–water partition coefficient (Wildman–Crippen LogP) is 5.68. The Morgan fingerprint density at radius 2 is 1.81 bits per heavy atom. The first-order chi connectivity index (χ1) is 15.6. The van der Waals surface area contributed by atoms with Crippen LogP contribution in [0.5, 0.6) is 5.75 Å². The fourth-order valence-corrected chi connectivity index (χ4v) is 4.49. The molecule has 1 fully saturated rings. The van der Waals surface area contributed by atoms with Gasteiger partial charge in [0.15, 0.2) is 0 Å². The van der Waals surface area contributed by atoms with E-state index >= 15 is 0 Å². The molecular weight excluding hydrogens is 396 g/mol. The van der Waals surface area contributed by atoms with Crippen molar-refractivity contribution in [3.63, 3.8) is 0 Å². The van der Waals surface area contributed by atoms with Gasteiger partial charge in [0.05, 0.1) is 5.54 Å². The molecule has 4 nitrogen and oxygen atoms in total. The molecule has 0 radical (unpaired) electrons. The smallest absolute Gasteiger partial charge is 0.252 e. The van der Waals surface area contributed by atoms with Gasteiger partial charge in [0.2, 0.25) is 0 Å². The van der Waals surface area contributed by atoms with Crippen LogP contribution in [0.1, 0.15) is 54.6 Å². The lowest BCUT2D eigenvalue weighted by Gasteiger charge is -2.21. The standard InChI is InChI=1S/C28H34N2O2/c1-4-17-30(5-2)18-19-32-23-14-13-21(3)25(20-23)27(31)29-28(15-16-28)26-12-8-10-22-9-6-7-11-24(22)26/h6-14,20H,4-5,15-19H2,1-3H3,(H,29,31). The molecule has 4 rings (SSSR count). The minimum absolute atomic E-state index is 0.0282. The van der Waals surface area contributed by atoms with Gasteiger partial charge in [-0.3, -0.25) is 4.79 Å². The van der Waals surface area contributed by atoms with E-state index in [1.165, 1.54) is 16.3 Å². The summed E-state index contributed by atoms with van der Waals surface area (Å²) in [7, 11) is 0. The maximum Gasteiger partial charge on any atom is 0.252 e. The van der Waals surface area contributed by atoms with Crippen LogP contribution in [0, 0.1) is 6.92 Å². The molecule has 1 aliphatic rings. The van der Waals surface area contributed by atoms with Gasteiger partial charge in [-0.25, -0.2) is 0 Å². The highest BCUT2D eigenvalue weighted by Gasteiger charge is 2.46. The first-order valence-electron chi connectivity index (χ1n) is 11.8. The molecule has 0 heterocycles. The number of benzene rings is 3. The van der Waals surface area contributed by atoms with E-state index in [9.17, 15) is 4.79 Å². The second kappa shape index (κ2) is 9.74. The molecule has 1 aliphatic carbocycles. The molecule has 4 heteroatoms. The Hall–Kier alpha value is -2.85. The largest absolute Gasteiger partial charge is 0.492 e. The Bertz CT molecular complexity index is 1080. The zero-order chi connectivity index (χ0) is 22.6. The van der Waals surface area contributed by atoms with E-state index < -0.39 is 0 Å². The molecule has 0 bridgehead atoms. The second-order valence-corrected chi connectivity index (χ2v) is 8.82. The topological polar surface area (TPSA) is 41.6 Å². The van der Waals surface area contributed by atoms with E-state index in [1.54, 1.807) is 0 Å². The lowest BCUT2D eigenvalue weighted by atomic mass is 9.96. The molecule has 0 saturated heterocycles. The minimum atomic E-state index is -0.275. The van der Waals surface area contributed by atoms with Crippen LogP contribution >= 0.6 is 0 Å². The lowest BCUT2D eigenvalue weighted by Crippen LogP contribution is -2.35. The monoisotopic (exact) mass is 430 g/mol. The van der Waals surface area contributed by atoms with Crippen LogP contribution in [0.25, 0.3) is 10.8 Å². The Morgan fingerprint density at radius 1 is 1.03 bits per heavy atom. The number of carbonyl (C=O) groups is 1. The van der Waals surface area contributed by atoms with Crippen molar-refractivity contribution in [3.05, 3.63) is 77.4 Å². The summed E-state index contributed by atoms with van der Waals surface area (Å²) < 4.78 is 6.00. The number of carbonyl (C=O) groups excluding carboxylic acids is 1. The van der Waals surface area contributed by atoms with Gasteiger partial charge in [-0.05, 0) is 73.3 Å². The van der Waals surface area contributed by atoms with Gasteiger partial charge in [0, 0.05) is 12.1 Å². The SMILES string of the molecule is CCCN(CC)CCOc1ccc(C)c(C(=O)NC2(c3cccc4ccccc34)CC2)c1. The fraction of sp³-hybridized carbons (Fsp3) is 0.393. The van der Waals surface area contributed by atoms with Crippen LogP contribution in [0.3, 0.4) is 0 Å². The zero-order valence-electron chi connectivity index (χ0n) is 19.5. The number of nitrogens with one attached hydrogen (secondary N) is 1. The number of nitrogens with zero attached hydrogens (tertiary/aromatic N) is 1. The first-order valence-corrected chi connectivity index (χ1v) is 11.8. The van der Waals surface area contributed by atoms with Crippen molar-refractivity contribution < 1.29 is 9.53 Å². The zero-order valence-corrected chi connectivity index (χ0v) is 19.5. The molecule has 168 valence electrons. The lowest BCUT2D eigenvalue weighted by molar-refractivity contribution is 0.0930. The van der Waals surface area contributed by atoms with Crippen LogP contribution in [-0.4, -0.2) is 37.0 Å². The van der Waals surface area contributed by atoms with Crippen molar-refractivity contribution in [2.45, 2.75) is 45.6 Å². The molecule has 0 spiro atoms. The number of fused-ring (bicyclic) bond motifs is 1. The molecule has 3 aromatic rings. The third-order valence-electron chi connectivity index (χ3n) is 6.52. The van der Waals surface area contributed by atoms with Crippen molar-refractivity contribution >= 4 is 16.7 Å². The van der Waals surface area contributed by atoms with Gasteiger partial charge in [-0.2, -0.15) is 0 Å². The van der Waals surface area contributed by atoms with Crippen LogP contribution in [-0.2, 0) is 5.54 Å². The summed E-state index contributed by atoms with van der Waals surface area (Å²) in [6.07, 6.45) is 3.07. The van der Waals surface area contributed by atoms with Crippen molar-refractivity contribution in [1.29, 1.82) is 0 Å². The fourth-order valence-electron chi connectivity index (χ4n) is 4.49. The minimum Gasteiger partial charge on any atom is -0.492 e. The summed E-state index contributed by atoms with van der Waals surface area (Å²) in [6.45, 7) is 9.97. The van der Waals surface area contributed by atoms with E-state index in [1.807, 2.05) is 25.1 Å². The van der Waals surface area contributed by atoms with E-state index in [2.05, 4.69) is 66.5 Å². The summed E-state index contributed by atoms with van der Waals surface area (Å²) in [6, 6.07) is 20.6. The van der Waals surface area contributed by atoms with Crippen LogP contribution < -0.4 is 10.1 Å². The maximum absolute atomic E-state index is 13.3. The molecule has 0 unspecified atom stereocenters.